The van der Waals surface area contributed by atoms with Gasteiger partial charge in [-0.25, -0.2) is 9.59 Å². The van der Waals surface area contributed by atoms with Gasteiger partial charge < -0.3 is 9.15 Å². The average Bonchev–Trinajstić information content (AvgIpc) is 2.86. The minimum Gasteiger partial charge on any atom is -0.457 e. The minimum atomic E-state index is -0.780. The molecule has 0 aromatic carbocycles. The van der Waals surface area contributed by atoms with Gasteiger partial charge in [0.15, 0.2) is 0 Å². The molecular formula is C11H7BrO4S. The molecule has 0 aliphatic rings. The summed E-state index contributed by atoms with van der Waals surface area (Å²) in [6.45, 7) is 1.70. The number of aryl methyl sites for hydroxylation is 1. The van der Waals surface area contributed by atoms with Crippen LogP contribution in [0.4, 0.5) is 0 Å². The van der Waals surface area contributed by atoms with Crippen molar-refractivity contribution in [1.82, 2.24) is 0 Å². The fourth-order valence-corrected chi connectivity index (χ4v) is 2.61. The van der Waals surface area contributed by atoms with Crippen molar-refractivity contribution < 1.29 is 18.7 Å². The van der Waals surface area contributed by atoms with Gasteiger partial charge in [0.05, 0.1) is 6.26 Å². The second kappa shape index (κ2) is 4.85. The van der Waals surface area contributed by atoms with Gasteiger partial charge in [0.25, 0.3) is 0 Å². The smallest absolute Gasteiger partial charge is 0.382 e. The molecule has 0 fully saturated rings. The van der Waals surface area contributed by atoms with Gasteiger partial charge in [0.1, 0.15) is 4.88 Å². The molecular weight excluding hydrogens is 308 g/mol. The Morgan fingerprint density at radius 3 is 2.65 bits per heavy atom. The Balaban J connectivity index is 2.13. The van der Waals surface area contributed by atoms with E-state index in [1.807, 2.05) is 0 Å². The highest BCUT2D eigenvalue weighted by Gasteiger charge is 2.21. The van der Waals surface area contributed by atoms with Crippen LogP contribution in [0.3, 0.4) is 0 Å². The van der Waals surface area contributed by atoms with Crippen molar-refractivity contribution in [3.63, 3.8) is 0 Å². The van der Waals surface area contributed by atoms with E-state index in [-0.39, 0.29) is 5.76 Å². The van der Waals surface area contributed by atoms with Crippen LogP contribution < -0.4 is 0 Å². The summed E-state index contributed by atoms with van der Waals surface area (Å²) in [4.78, 5) is 23.6. The Kier molecular flexibility index (Phi) is 3.44. The third-order valence-corrected chi connectivity index (χ3v) is 3.85. The Morgan fingerprint density at radius 1 is 1.35 bits per heavy atom. The molecule has 0 bridgehead atoms. The lowest BCUT2D eigenvalue weighted by atomic mass is 10.3. The van der Waals surface area contributed by atoms with Crippen LogP contribution in [0.15, 0.2) is 32.7 Å². The molecule has 0 saturated carbocycles. The third kappa shape index (κ3) is 2.48. The molecule has 0 aliphatic carbocycles. The fourth-order valence-electron chi connectivity index (χ4n) is 1.20. The van der Waals surface area contributed by atoms with Crippen LogP contribution in [0.25, 0.3) is 0 Å². The summed E-state index contributed by atoms with van der Waals surface area (Å²) in [6.07, 6.45) is 1.37. The summed E-state index contributed by atoms with van der Waals surface area (Å²) in [7, 11) is 0. The van der Waals surface area contributed by atoms with Crippen molar-refractivity contribution in [3.8, 4) is 0 Å². The number of rotatable bonds is 2. The van der Waals surface area contributed by atoms with Crippen LogP contribution in [0.5, 0.6) is 0 Å². The second-order valence-electron chi connectivity index (χ2n) is 3.21. The van der Waals surface area contributed by atoms with Crippen molar-refractivity contribution in [3.05, 3.63) is 44.4 Å². The lowest BCUT2D eigenvalue weighted by Gasteiger charge is -2.00. The van der Waals surface area contributed by atoms with Gasteiger partial charge in [-0.05, 0) is 40.4 Å². The Labute approximate surface area is 109 Å². The summed E-state index contributed by atoms with van der Waals surface area (Å²) >= 11 is 4.39. The van der Waals surface area contributed by atoms with Gasteiger partial charge >= 0.3 is 11.9 Å². The monoisotopic (exact) mass is 314 g/mol. The van der Waals surface area contributed by atoms with Crippen molar-refractivity contribution in [2.24, 2.45) is 0 Å². The lowest BCUT2D eigenvalue weighted by Crippen LogP contribution is -2.12. The van der Waals surface area contributed by atoms with Crippen LogP contribution in [0, 0.1) is 6.92 Å². The number of carbonyl (C=O) groups is 2. The number of ether oxygens (including phenoxy) is 1. The van der Waals surface area contributed by atoms with Gasteiger partial charge in [-0.15, -0.1) is 11.3 Å². The first-order chi connectivity index (χ1) is 8.09. The molecule has 0 amide bonds. The predicted molar refractivity (Wildman–Crippen MR) is 65.2 cm³/mol. The molecule has 0 atom stereocenters. The maximum absolute atomic E-state index is 11.6. The molecule has 88 valence electrons. The predicted octanol–water partition coefficient (Wildman–Crippen LogP) is 3.41. The first-order valence-corrected chi connectivity index (χ1v) is 6.30. The largest absolute Gasteiger partial charge is 0.457 e. The number of hydrogen-bond donors (Lipinski definition) is 0. The van der Waals surface area contributed by atoms with Gasteiger partial charge in [-0.3, -0.25) is 0 Å². The van der Waals surface area contributed by atoms with Gasteiger partial charge in [-0.2, -0.15) is 0 Å². The molecule has 0 saturated heterocycles. The van der Waals surface area contributed by atoms with Gasteiger partial charge in [-0.1, -0.05) is 0 Å². The highest BCUT2D eigenvalue weighted by Crippen LogP contribution is 2.24. The average molecular weight is 315 g/mol. The SMILES string of the molecule is Cc1ccoc1C(=O)OC(=O)c1sccc1Br. The number of furan rings is 1. The van der Waals surface area contributed by atoms with E-state index in [9.17, 15) is 9.59 Å². The maximum Gasteiger partial charge on any atom is 0.382 e. The molecule has 0 aliphatic heterocycles. The Hall–Kier alpha value is -1.40. The fraction of sp³-hybridized carbons (Fsp3) is 0.0909. The van der Waals surface area contributed by atoms with E-state index in [4.69, 9.17) is 9.15 Å². The van der Waals surface area contributed by atoms with E-state index in [0.717, 1.165) is 0 Å². The van der Waals surface area contributed by atoms with Crippen LogP contribution in [0.1, 0.15) is 25.8 Å². The highest BCUT2D eigenvalue weighted by atomic mass is 79.9. The summed E-state index contributed by atoms with van der Waals surface area (Å²) < 4.78 is 10.3. The maximum atomic E-state index is 11.6. The van der Waals surface area contributed by atoms with E-state index >= 15 is 0 Å². The number of halogens is 1. The zero-order valence-electron chi connectivity index (χ0n) is 8.73. The second-order valence-corrected chi connectivity index (χ2v) is 4.98. The normalized spacial score (nSPS) is 10.2. The van der Waals surface area contributed by atoms with Crippen LogP contribution in [-0.2, 0) is 4.74 Å². The van der Waals surface area contributed by atoms with E-state index in [0.29, 0.717) is 14.9 Å². The number of esters is 2. The van der Waals surface area contributed by atoms with Crippen molar-refractivity contribution in [1.29, 1.82) is 0 Å². The minimum absolute atomic E-state index is 0.0472. The lowest BCUT2D eigenvalue weighted by molar-refractivity contribution is 0.0378. The molecule has 6 heteroatoms. The first-order valence-electron chi connectivity index (χ1n) is 4.63. The molecule has 2 aromatic heterocycles. The molecule has 2 rings (SSSR count). The quantitative estimate of drug-likeness (QED) is 0.629. The van der Waals surface area contributed by atoms with Crippen molar-refractivity contribution in [2.75, 3.05) is 0 Å². The summed E-state index contributed by atoms with van der Waals surface area (Å²) in [6, 6.07) is 3.34. The molecule has 17 heavy (non-hydrogen) atoms. The summed E-state index contributed by atoms with van der Waals surface area (Å²) in [5.74, 6) is -1.42. The van der Waals surface area contributed by atoms with Crippen molar-refractivity contribution >= 4 is 39.2 Å². The first kappa shape index (κ1) is 12.1. The van der Waals surface area contributed by atoms with E-state index in [1.165, 1.54) is 17.6 Å². The van der Waals surface area contributed by atoms with E-state index in [2.05, 4.69) is 15.9 Å². The molecule has 0 N–H and O–H groups in total. The Bertz CT molecular complexity index is 519. The van der Waals surface area contributed by atoms with Crippen LogP contribution >= 0.6 is 27.3 Å². The number of carbonyl (C=O) groups excluding carboxylic acids is 2. The molecule has 2 aromatic rings. The zero-order chi connectivity index (χ0) is 12.4. The van der Waals surface area contributed by atoms with Gasteiger partial charge in [0, 0.05) is 10.0 Å². The van der Waals surface area contributed by atoms with Crippen LogP contribution in [0.2, 0.25) is 0 Å². The summed E-state index contributed by atoms with van der Waals surface area (Å²) in [5, 5.41) is 1.73. The Morgan fingerprint density at radius 2 is 2.12 bits per heavy atom. The van der Waals surface area contributed by atoms with E-state index < -0.39 is 11.9 Å². The third-order valence-electron chi connectivity index (χ3n) is 2.04. The van der Waals surface area contributed by atoms with Crippen LogP contribution in [-0.4, -0.2) is 11.9 Å². The molecule has 0 unspecified atom stereocenters. The highest BCUT2D eigenvalue weighted by molar-refractivity contribution is 9.10. The molecule has 4 nitrogen and oxygen atoms in total. The van der Waals surface area contributed by atoms with E-state index in [1.54, 1.807) is 24.4 Å². The number of hydrogen-bond acceptors (Lipinski definition) is 5. The van der Waals surface area contributed by atoms with Crippen molar-refractivity contribution in [2.45, 2.75) is 6.92 Å². The standard InChI is InChI=1S/C11H7BrO4S/c1-6-2-4-15-8(6)10(13)16-11(14)9-7(12)3-5-17-9/h2-5H,1H3. The zero-order valence-corrected chi connectivity index (χ0v) is 11.1. The molecule has 2 heterocycles. The number of thiophene rings is 1. The molecule has 0 spiro atoms. The summed E-state index contributed by atoms with van der Waals surface area (Å²) in [5.41, 5.74) is 0.632. The topological polar surface area (TPSA) is 56.5 Å². The molecule has 0 radical (unpaired) electrons. The van der Waals surface area contributed by atoms with Gasteiger partial charge in [0.2, 0.25) is 5.76 Å².